The number of carbonyl (C=O) groups excluding carboxylic acids is 1. The van der Waals surface area contributed by atoms with Crippen molar-refractivity contribution in [2.75, 3.05) is 6.61 Å². The Kier molecular flexibility index (Phi) is 3.53. The van der Waals surface area contributed by atoms with E-state index in [1.165, 1.54) is 6.92 Å². The van der Waals surface area contributed by atoms with Gasteiger partial charge in [0.1, 0.15) is 5.75 Å². The van der Waals surface area contributed by atoms with Crippen molar-refractivity contribution in [3.05, 3.63) is 28.3 Å². The Morgan fingerprint density at radius 2 is 2.14 bits per heavy atom. The van der Waals surface area contributed by atoms with Gasteiger partial charge in [-0.1, -0.05) is 17.7 Å². The maximum atomic E-state index is 11.2. The zero-order valence-corrected chi connectivity index (χ0v) is 9.31. The summed E-state index contributed by atoms with van der Waals surface area (Å²) in [5.74, 6) is 0.567. The summed E-state index contributed by atoms with van der Waals surface area (Å²) in [7, 11) is 0. The Morgan fingerprint density at radius 1 is 1.50 bits per heavy atom. The summed E-state index contributed by atoms with van der Waals surface area (Å²) >= 11 is 6.04. The van der Waals surface area contributed by atoms with Gasteiger partial charge in [0, 0.05) is 5.56 Å². The molecule has 0 saturated heterocycles. The molecule has 0 aromatic heterocycles. The molecule has 1 aromatic carbocycles. The summed E-state index contributed by atoms with van der Waals surface area (Å²) in [6.45, 7) is 5.82. The van der Waals surface area contributed by atoms with Gasteiger partial charge in [-0.15, -0.1) is 0 Å². The fourth-order valence-corrected chi connectivity index (χ4v) is 1.65. The molecule has 0 spiro atoms. The van der Waals surface area contributed by atoms with Crippen LogP contribution in [0.15, 0.2) is 12.1 Å². The first kappa shape index (κ1) is 11.1. The molecule has 0 amide bonds. The van der Waals surface area contributed by atoms with Gasteiger partial charge < -0.3 is 4.74 Å². The Balaban J connectivity index is 3.26. The van der Waals surface area contributed by atoms with E-state index >= 15 is 0 Å². The molecule has 0 saturated carbocycles. The lowest BCUT2D eigenvalue weighted by Gasteiger charge is -2.11. The highest BCUT2D eigenvalue weighted by molar-refractivity contribution is 6.35. The Hall–Kier alpha value is -1.02. The van der Waals surface area contributed by atoms with Gasteiger partial charge in [0.15, 0.2) is 5.78 Å². The van der Waals surface area contributed by atoms with Crippen molar-refractivity contribution >= 4 is 17.4 Å². The highest BCUT2D eigenvalue weighted by atomic mass is 35.5. The predicted octanol–water partition coefficient (Wildman–Crippen LogP) is 3.25. The van der Waals surface area contributed by atoms with Crippen molar-refractivity contribution in [2.45, 2.75) is 20.8 Å². The highest BCUT2D eigenvalue weighted by Gasteiger charge is 2.12. The lowest BCUT2D eigenvalue weighted by molar-refractivity contribution is 0.101. The molecule has 0 bridgehead atoms. The molecule has 2 nitrogen and oxygen atoms in total. The molecule has 0 radical (unpaired) electrons. The molecular weight excluding hydrogens is 200 g/mol. The molecule has 0 unspecified atom stereocenters. The van der Waals surface area contributed by atoms with E-state index in [-0.39, 0.29) is 5.78 Å². The normalized spacial score (nSPS) is 10.0. The zero-order chi connectivity index (χ0) is 10.7. The molecule has 76 valence electrons. The maximum absolute atomic E-state index is 11.2. The second-order valence-electron chi connectivity index (χ2n) is 3.06. The van der Waals surface area contributed by atoms with Crippen LogP contribution in [0.2, 0.25) is 5.02 Å². The van der Waals surface area contributed by atoms with E-state index in [2.05, 4.69) is 0 Å². The molecule has 3 heteroatoms. The van der Waals surface area contributed by atoms with Gasteiger partial charge in [0.2, 0.25) is 0 Å². The van der Waals surface area contributed by atoms with Crippen LogP contribution in [0.1, 0.15) is 29.8 Å². The van der Waals surface area contributed by atoms with E-state index in [9.17, 15) is 4.79 Å². The summed E-state index contributed by atoms with van der Waals surface area (Å²) in [6.07, 6.45) is 0. The third-order valence-electron chi connectivity index (χ3n) is 1.96. The van der Waals surface area contributed by atoms with Crippen molar-refractivity contribution in [2.24, 2.45) is 0 Å². The van der Waals surface area contributed by atoms with Crippen LogP contribution in [-0.4, -0.2) is 12.4 Å². The number of hydrogen-bond donors (Lipinski definition) is 0. The average Bonchev–Trinajstić information content (AvgIpc) is 2.11. The fourth-order valence-electron chi connectivity index (χ4n) is 1.25. The quantitative estimate of drug-likeness (QED) is 0.719. The molecule has 0 heterocycles. The third-order valence-corrected chi connectivity index (χ3v) is 2.34. The maximum Gasteiger partial charge on any atom is 0.161 e. The zero-order valence-electron chi connectivity index (χ0n) is 8.56. The minimum absolute atomic E-state index is 0.0454. The first-order valence-electron chi connectivity index (χ1n) is 4.50. The van der Waals surface area contributed by atoms with Crippen LogP contribution in [0.25, 0.3) is 0 Å². The van der Waals surface area contributed by atoms with E-state index in [1.54, 1.807) is 6.07 Å². The molecule has 14 heavy (non-hydrogen) atoms. The first-order chi connectivity index (χ1) is 6.57. The molecule has 1 aromatic rings. The van der Waals surface area contributed by atoms with Crippen LogP contribution in [0.4, 0.5) is 0 Å². The van der Waals surface area contributed by atoms with Crippen molar-refractivity contribution in [3.63, 3.8) is 0 Å². The van der Waals surface area contributed by atoms with Crippen LogP contribution >= 0.6 is 11.6 Å². The second kappa shape index (κ2) is 4.47. The SMILES string of the molecule is CCOc1c(C)ccc(C(C)=O)c1Cl. The largest absolute Gasteiger partial charge is 0.492 e. The monoisotopic (exact) mass is 212 g/mol. The van der Waals surface area contributed by atoms with Crippen LogP contribution in [-0.2, 0) is 0 Å². The summed E-state index contributed by atoms with van der Waals surface area (Å²) in [6, 6.07) is 3.57. The number of ketones is 1. The molecule has 1 rings (SSSR count). The van der Waals surface area contributed by atoms with Gasteiger partial charge >= 0.3 is 0 Å². The first-order valence-corrected chi connectivity index (χ1v) is 4.88. The number of rotatable bonds is 3. The minimum atomic E-state index is -0.0454. The summed E-state index contributed by atoms with van der Waals surface area (Å²) < 4.78 is 5.37. The number of benzene rings is 1. The minimum Gasteiger partial charge on any atom is -0.492 e. The van der Waals surface area contributed by atoms with E-state index < -0.39 is 0 Å². The summed E-state index contributed by atoms with van der Waals surface area (Å²) in [5, 5.41) is 0.416. The van der Waals surface area contributed by atoms with E-state index in [0.717, 1.165) is 5.56 Å². The lowest BCUT2D eigenvalue weighted by atomic mass is 10.1. The molecule has 0 fully saturated rings. The topological polar surface area (TPSA) is 26.3 Å². The molecular formula is C11H13ClO2. The van der Waals surface area contributed by atoms with Gasteiger partial charge in [0.25, 0.3) is 0 Å². The molecule has 0 aliphatic rings. The molecule has 0 atom stereocenters. The van der Waals surface area contributed by atoms with E-state index in [0.29, 0.717) is 22.9 Å². The summed E-state index contributed by atoms with van der Waals surface area (Å²) in [5.41, 5.74) is 1.46. The third kappa shape index (κ3) is 2.07. The van der Waals surface area contributed by atoms with Crippen LogP contribution < -0.4 is 4.74 Å². The van der Waals surface area contributed by atoms with Gasteiger partial charge in [-0.2, -0.15) is 0 Å². The Bertz CT molecular complexity index is 359. The van der Waals surface area contributed by atoms with Gasteiger partial charge in [-0.3, -0.25) is 4.79 Å². The highest BCUT2D eigenvalue weighted by Crippen LogP contribution is 2.32. The van der Waals surface area contributed by atoms with E-state index in [4.69, 9.17) is 16.3 Å². The predicted molar refractivity (Wildman–Crippen MR) is 57.4 cm³/mol. The van der Waals surface area contributed by atoms with Crippen molar-refractivity contribution < 1.29 is 9.53 Å². The number of Topliss-reactive ketones (excluding diaryl/α,β-unsaturated/α-hetero) is 1. The molecule has 0 aliphatic heterocycles. The Morgan fingerprint density at radius 3 is 2.64 bits per heavy atom. The van der Waals surface area contributed by atoms with Crippen molar-refractivity contribution in [1.29, 1.82) is 0 Å². The van der Waals surface area contributed by atoms with Crippen LogP contribution in [0.5, 0.6) is 5.75 Å². The van der Waals surface area contributed by atoms with Gasteiger partial charge in [0.05, 0.1) is 11.6 Å². The number of ether oxygens (including phenoxy) is 1. The fraction of sp³-hybridized carbons (Fsp3) is 0.364. The number of halogens is 1. The van der Waals surface area contributed by atoms with Crippen LogP contribution in [0, 0.1) is 6.92 Å². The summed E-state index contributed by atoms with van der Waals surface area (Å²) in [4.78, 5) is 11.2. The molecule has 0 N–H and O–H groups in total. The van der Waals surface area contributed by atoms with Crippen LogP contribution in [0.3, 0.4) is 0 Å². The van der Waals surface area contributed by atoms with Crippen molar-refractivity contribution in [3.8, 4) is 5.75 Å². The lowest BCUT2D eigenvalue weighted by Crippen LogP contribution is -2.00. The standard InChI is InChI=1S/C11H13ClO2/c1-4-14-11-7(2)5-6-9(8(3)13)10(11)12/h5-6H,4H2,1-3H3. The second-order valence-corrected chi connectivity index (χ2v) is 3.44. The van der Waals surface area contributed by atoms with Crippen molar-refractivity contribution in [1.82, 2.24) is 0 Å². The van der Waals surface area contributed by atoms with E-state index in [1.807, 2.05) is 19.9 Å². The van der Waals surface area contributed by atoms with Gasteiger partial charge in [-0.25, -0.2) is 0 Å². The van der Waals surface area contributed by atoms with Gasteiger partial charge in [-0.05, 0) is 32.4 Å². The number of carbonyl (C=O) groups is 1. The average molecular weight is 213 g/mol. The Labute approximate surface area is 88.8 Å². The molecule has 0 aliphatic carbocycles. The smallest absolute Gasteiger partial charge is 0.161 e. The number of hydrogen-bond acceptors (Lipinski definition) is 2. The number of aryl methyl sites for hydroxylation is 1.